The highest BCUT2D eigenvalue weighted by atomic mass is 16.3. The van der Waals surface area contributed by atoms with Crippen LogP contribution in [0.4, 0.5) is 0 Å². The van der Waals surface area contributed by atoms with Gasteiger partial charge in [-0.25, -0.2) is 4.98 Å². The van der Waals surface area contributed by atoms with E-state index >= 15 is 0 Å². The van der Waals surface area contributed by atoms with E-state index in [9.17, 15) is 0 Å². The van der Waals surface area contributed by atoms with Gasteiger partial charge in [0.05, 0.1) is 5.69 Å². The lowest BCUT2D eigenvalue weighted by molar-refractivity contribution is 0.653. The van der Waals surface area contributed by atoms with E-state index in [1.54, 1.807) is 0 Å². The maximum Gasteiger partial charge on any atom is 0.227 e. The van der Waals surface area contributed by atoms with Crippen molar-refractivity contribution in [3.05, 3.63) is 58.9 Å². The molecule has 4 aromatic rings. The van der Waals surface area contributed by atoms with Gasteiger partial charge in [-0.3, -0.25) is 4.98 Å². The molecule has 0 N–H and O–H groups in total. The molecule has 3 heteroatoms. The Morgan fingerprint density at radius 3 is 2.52 bits per heavy atom. The van der Waals surface area contributed by atoms with Crippen molar-refractivity contribution in [2.24, 2.45) is 0 Å². The number of hydrogen-bond acceptors (Lipinski definition) is 3. The topological polar surface area (TPSA) is 38.9 Å². The van der Waals surface area contributed by atoms with Crippen LogP contribution in [0.2, 0.25) is 0 Å². The summed E-state index contributed by atoms with van der Waals surface area (Å²) in [5, 5.41) is 2.21. The summed E-state index contributed by atoms with van der Waals surface area (Å²) in [6.07, 6.45) is 1.89. The zero-order valence-electron chi connectivity index (χ0n) is 15.3. The third-order valence-corrected chi connectivity index (χ3v) is 4.85. The first kappa shape index (κ1) is 15.8. The second-order valence-electron chi connectivity index (χ2n) is 7.13. The van der Waals surface area contributed by atoms with Crippen molar-refractivity contribution >= 4 is 22.1 Å². The molecule has 3 aromatic heterocycles. The van der Waals surface area contributed by atoms with Gasteiger partial charge in [-0.1, -0.05) is 19.9 Å². The molecule has 3 nitrogen and oxygen atoms in total. The molecule has 0 amide bonds. The van der Waals surface area contributed by atoms with Crippen LogP contribution in [0.1, 0.15) is 42.1 Å². The van der Waals surface area contributed by atoms with Gasteiger partial charge in [-0.2, -0.15) is 0 Å². The maximum atomic E-state index is 6.23. The fraction of sp³-hybridized carbons (Fsp3) is 0.273. The molecule has 0 aliphatic rings. The molecule has 0 aliphatic heterocycles. The number of furan rings is 1. The Balaban J connectivity index is 2.10. The van der Waals surface area contributed by atoms with Crippen molar-refractivity contribution in [1.82, 2.24) is 9.97 Å². The zero-order chi connectivity index (χ0) is 17.7. The minimum absolute atomic E-state index is 0.461. The van der Waals surface area contributed by atoms with Crippen LogP contribution in [0.5, 0.6) is 0 Å². The Morgan fingerprint density at radius 1 is 0.960 bits per heavy atom. The van der Waals surface area contributed by atoms with Gasteiger partial charge in [0.2, 0.25) is 5.71 Å². The summed E-state index contributed by atoms with van der Waals surface area (Å²) in [4.78, 5) is 9.22. The lowest BCUT2D eigenvalue weighted by atomic mass is 9.95. The average molecular weight is 330 g/mol. The highest BCUT2D eigenvalue weighted by Crippen LogP contribution is 2.39. The molecule has 0 radical (unpaired) electrons. The van der Waals surface area contributed by atoms with Crippen LogP contribution in [0.25, 0.3) is 33.3 Å². The van der Waals surface area contributed by atoms with Crippen LogP contribution in [-0.4, -0.2) is 9.97 Å². The standard InChI is InChI=1S/C22H22N2O/c1-12(2)16-8-9-23-18(11-16)20-14(4)10-13(3)19-17-7-6-15(5)24-22(17)25-21(19)20/h6-12H,1-5H3. The van der Waals surface area contributed by atoms with Gasteiger partial charge in [0.15, 0.2) is 0 Å². The van der Waals surface area contributed by atoms with E-state index in [1.165, 1.54) is 16.7 Å². The molecule has 0 fully saturated rings. The SMILES string of the molecule is Cc1ccc2c(n1)oc1c(-c3cc(C(C)C)ccn3)c(C)cc(C)c12. The zero-order valence-corrected chi connectivity index (χ0v) is 15.3. The monoisotopic (exact) mass is 330 g/mol. The summed E-state index contributed by atoms with van der Waals surface area (Å²) in [6, 6.07) is 10.6. The molecule has 25 heavy (non-hydrogen) atoms. The first-order chi connectivity index (χ1) is 12.0. The lowest BCUT2D eigenvalue weighted by Crippen LogP contribution is -1.93. The number of fused-ring (bicyclic) bond motifs is 3. The smallest absolute Gasteiger partial charge is 0.227 e. The molecule has 0 saturated carbocycles. The molecule has 4 rings (SSSR count). The lowest BCUT2D eigenvalue weighted by Gasteiger charge is -2.11. The molecule has 1 aromatic carbocycles. The summed E-state index contributed by atoms with van der Waals surface area (Å²) in [7, 11) is 0. The fourth-order valence-corrected chi connectivity index (χ4v) is 3.55. The average Bonchev–Trinajstić information content (AvgIpc) is 2.93. The van der Waals surface area contributed by atoms with Crippen molar-refractivity contribution in [2.75, 3.05) is 0 Å². The Labute approximate surface area is 147 Å². The van der Waals surface area contributed by atoms with E-state index < -0.39 is 0 Å². The molecule has 126 valence electrons. The van der Waals surface area contributed by atoms with Crippen molar-refractivity contribution in [2.45, 2.75) is 40.5 Å². The van der Waals surface area contributed by atoms with Crippen molar-refractivity contribution in [1.29, 1.82) is 0 Å². The number of aromatic nitrogens is 2. The highest BCUT2D eigenvalue weighted by molar-refractivity contribution is 6.10. The number of nitrogens with zero attached hydrogens (tertiary/aromatic N) is 2. The molecular formula is C22H22N2O. The number of rotatable bonds is 2. The van der Waals surface area contributed by atoms with Crippen molar-refractivity contribution in [3.8, 4) is 11.3 Å². The Bertz CT molecular complexity index is 1110. The fourth-order valence-electron chi connectivity index (χ4n) is 3.55. The van der Waals surface area contributed by atoms with E-state index in [0.29, 0.717) is 11.6 Å². The highest BCUT2D eigenvalue weighted by Gasteiger charge is 2.19. The van der Waals surface area contributed by atoms with E-state index in [1.807, 2.05) is 19.2 Å². The van der Waals surface area contributed by atoms with Crippen molar-refractivity contribution < 1.29 is 4.42 Å². The van der Waals surface area contributed by atoms with Gasteiger partial charge in [0.1, 0.15) is 5.58 Å². The second kappa shape index (κ2) is 5.69. The summed E-state index contributed by atoms with van der Waals surface area (Å²) in [6.45, 7) is 10.6. The van der Waals surface area contributed by atoms with E-state index in [-0.39, 0.29) is 0 Å². The number of aryl methyl sites for hydroxylation is 3. The molecule has 0 spiro atoms. The molecule has 0 aliphatic carbocycles. The Hall–Kier alpha value is -2.68. The Kier molecular flexibility index (Phi) is 3.60. The van der Waals surface area contributed by atoms with Crippen LogP contribution < -0.4 is 0 Å². The van der Waals surface area contributed by atoms with Gasteiger partial charge in [0.25, 0.3) is 0 Å². The van der Waals surface area contributed by atoms with Crippen LogP contribution in [0.15, 0.2) is 40.9 Å². The van der Waals surface area contributed by atoms with Crippen LogP contribution in [0.3, 0.4) is 0 Å². The molecular weight excluding hydrogens is 308 g/mol. The second-order valence-corrected chi connectivity index (χ2v) is 7.13. The minimum atomic E-state index is 0.461. The number of benzene rings is 1. The summed E-state index contributed by atoms with van der Waals surface area (Å²) in [5.41, 5.74) is 8.24. The van der Waals surface area contributed by atoms with Crippen LogP contribution in [-0.2, 0) is 0 Å². The first-order valence-electron chi connectivity index (χ1n) is 8.72. The van der Waals surface area contributed by atoms with Crippen LogP contribution >= 0.6 is 0 Å². The van der Waals surface area contributed by atoms with E-state index in [0.717, 1.165) is 33.3 Å². The largest absolute Gasteiger partial charge is 0.437 e. The van der Waals surface area contributed by atoms with E-state index in [4.69, 9.17) is 4.42 Å². The van der Waals surface area contributed by atoms with E-state index in [2.05, 4.69) is 61.9 Å². The van der Waals surface area contributed by atoms with Gasteiger partial charge < -0.3 is 4.42 Å². The van der Waals surface area contributed by atoms with Gasteiger partial charge in [0, 0.05) is 28.2 Å². The van der Waals surface area contributed by atoms with Crippen molar-refractivity contribution in [3.63, 3.8) is 0 Å². The molecule has 3 heterocycles. The predicted octanol–water partition coefficient (Wildman–Crippen LogP) is 6.09. The first-order valence-corrected chi connectivity index (χ1v) is 8.72. The molecule has 0 saturated heterocycles. The molecule has 0 atom stereocenters. The number of pyridine rings is 2. The van der Waals surface area contributed by atoms with Crippen LogP contribution in [0, 0.1) is 20.8 Å². The quantitative estimate of drug-likeness (QED) is 0.446. The van der Waals surface area contributed by atoms with Gasteiger partial charge in [-0.05, 0) is 67.6 Å². The molecule has 0 unspecified atom stereocenters. The minimum Gasteiger partial charge on any atom is -0.437 e. The Morgan fingerprint density at radius 2 is 1.76 bits per heavy atom. The number of hydrogen-bond donors (Lipinski definition) is 0. The van der Waals surface area contributed by atoms with Gasteiger partial charge in [-0.15, -0.1) is 0 Å². The summed E-state index contributed by atoms with van der Waals surface area (Å²) < 4.78 is 6.23. The van der Waals surface area contributed by atoms with Gasteiger partial charge >= 0.3 is 0 Å². The summed E-state index contributed by atoms with van der Waals surface area (Å²) in [5.74, 6) is 0.461. The molecule has 0 bridgehead atoms. The maximum absolute atomic E-state index is 6.23. The third-order valence-electron chi connectivity index (χ3n) is 4.85. The third kappa shape index (κ3) is 2.51. The predicted molar refractivity (Wildman–Crippen MR) is 103 cm³/mol. The summed E-state index contributed by atoms with van der Waals surface area (Å²) >= 11 is 0. The normalized spacial score (nSPS) is 11.8.